The summed E-state index contributed by atoms with van der Waals surface area (Å²) in [5.74, 6) is 1.97. The van der Waals surface area contributed by atoms with Gasteiger partial charge in [0.1, 0.15) is 10.1 Å². The van der Waals surface area contributed by atoms with Gasteiger partial charge >= 0.3 is 0 Å². The Morgan fingerprint density at radius 1 is 0.367 bits per heavy atom. The van der Waals surface area contributed by atoms with Crippen molar-refractivity contribution in [3.63, 3.8) is 0 Å². The van der Waals surface area contributed by atoms with E-state index in [1.165, 1.54) is 38.9 Å². The van der Waals surface area contributed by atoms with Crippen LogP contribution in [-0.2, 0) is 0 Å². The van der Waals surface area contributed by atoms with Crippen LogP contribution in [0.25, 0.3) is 44.5 Å². The van der Waals surface area contributed by atoms with Crippen LogP contribution >= 0.6 is 23.5 Å². The summed E-state index contributed by atoms with van der Waals surface area (Å²) in [6, 6.07) is 46.3. The minimum Gasteiger partial charge on any atom is -0.238 e. The summed E-state index contributed by atoms with van der Waals surface area (Å²) in [6.45, 7) is 10.7. The molecule has 1 aliphatic heterocycles. The lowest BCUT2D eigenvalue weighted by Crippen LogP contribution is -2.14. The predicted molar refractivity (Wildman–Crippen MR) is 217 cm³/mol. The maximum absolute atomic E-state index is 5.59. The predicted octanol–water partition coefficient (Wildman–Crippen LogP) is 13.1. The van der Waals surface area contributed by atoms with Crippen molar-refractivity contribution in [2.75, 3.05) is 11.5 Å². The van der Waals surface area contributed by atoms with Crippen LogP contribution in [0, 0.1) is 34.6 Å². The molecule has 0 saturated carbocycles. The van der Waals surface area contributed by atoms with E-state index in [0.717, 1.165) is 66.3 Å². The van der Waals surface area contributed by atoms with Gasteiger partial charge in [0.15, 0.2) is 0 Å². The third-order valence-electron chi connectivity index (χ3n) is 8.91. The molecule has 7 rings (SSSR count). The van der Waals surface area contributed by atoms with E-state index in [1.807, 2.05) is 11.8 Å². The number of para-hydroxylation sites is 1. The summed E-state index contributed by atoms with van der Waals surface area (Å²) in [6.07, 6.45) is 0. The Morgan fingerprint density at radius 3 is 1.02 bits per heavy atom. The number of rotatable bonds is 6. The molecule has 6 aromatic rings. The molecule has 0 aromatic heterocycles. The fraction of sp³-hybridized carbons (Fsp3) is 0.156. The van der Waals surface area contributed by atoms with Gasteiger partial charge in [0.2, 0.25) is 0 Å². The number of hydrogen-bond donors (Lipinski definition) is 0. The van der Waals surface area contributed by atoms with Gasteiger partial charge in [-0.1, -0.05) is 138 Å². The molecule has 1 aliphatic rings. The highest BCUT2D eigenvalue weighted by molar-refractivity contribution is 8.27. The SMILES string of the molecule is Cc1ccc(-c2cccc(-c3ccc(C)cc3)c2N=C2SCCSC2=Nc2c(-c3ccc(C)cc3)cc(C)cc2-c2ccc(C)cc2)cc1. The summed E-state index contributed by atoms with van der Waals surface area (Å²) in [7, 11) is 0. The van der Waals surface area contributed by atoms with Crippen molar-refractivity contribution in [2.45, 2.75) is 34.6 Å². The first-order valence-corrected chi connectivity index (χ1v) is 18.8. The van der Waals surface area contributed by atoms with E-state index in [4.69, 9.17) is 9.98 Å². The third-order valence-corrected chi connectivity index (χ3v) is 11.2. The molecule has 0 spiro atoms. The molecule has 1 saturated heterocycles. The van der Waals surface area contributed by atoms with E-state index in [0.29, 0.717) is 0 Å². The fourth-order valence-electron chi connectivity index (χ4n) is 6.17. The van der Waals surface area contributed by atoms with Gasteiger partial charge < -0.3 is 0 Å². The Hall–Kier alpha value is -4.64. The normalized spacial score (nSPS) is 14.8. The van der Waals surface area contributed by atoms with Gasteiger partial charge in [-0.05, 0) is 74.6 Å². The Bertz CT molecular complexity index is 2040. The number of aliphatic imine (C=N–C) groups is 2. The lowest BCUT2D eigenvalue weighted by molar-refractivity contribution is 1.40. The van der Waals surface area contributed by atoms with Gasteiger partial charge in [0.25, 0.3) is 0 Å². The van der Waals surface area contributed by atoms with Crippen molar-refractivity contribution in [3.8, 4) is 44.5 Å². The second-order valence-corrected chi connectivity index (χ2v) is 15.1. The first-order valence-electron chi connectivity index (χ1n) is 16.8. The second kappa shape index (κ2) is 14.5. The zero-order valence-electron chi connectivity index (χ0n) is 28.7. The van der Waals surface area contributed by atoms with Crippen LogP contribution in [0.3, 0.4) is 0 Å². The Balaban J connectivity index is 1.45. The van der Waals surface area contributed by atoms with E-state index in [1.54, 1.807) is 11.8 Å². The van der Waals surface area contributed by atoms with Crippen molar-refractivity contribution in [1.29, 1.82) is 0 Å². The van der Waals surface area contributed by atoms with Crippen LogP contribution in [0.15, 0.2) is 137 Å². The van der Waals surface area contributed by atoms with E-state index in [9.17, 15) is 0 Å². The molecule has 0 N–H and O–H groups in total. The lowest BCUT2D eigenvalue weighted by Gasteiger charge is -2.20. The maximum atomic E-state index is 5.59. The largest absolute Gasteiger partial charge is 0.238 e. The van der Waals surface area contributed by atoms with E-state index in [2.05, 4.69) is 162 Å². The molecule has 0 bridgehead atoms. The third kappa shape index (κ3) is 7.36. The van der Waals surface area contributed by atoms with Crippen molar-refractivity contribution in [3.05, 3.63) is 155 Å². The smallest absolute Gasteiger partial charge is 0.129 e. The highest BCUT2D eigenvalue weighted by Crippen LogP contribution is 2.44. The molecule has 49 heavy (non-hydrogen) atoms. The van der Waals surface area contributed by atoms with Gasteiger partial charge in [-0.15, -0.1) is 23.5 Å². The summed E-state index contributed by atoms with van der Waals surface area (Å²) >= 11 is 3.61. The molecule has 1 fully saturated rings. The van der Waals surface area contributed by atoms with Crippen molar-refractivity contribution < 1.29 is 0 Å². The van der Waals surface area contributed by atoms with Crippen LogP contribution < -0.4 is 0 Å². The van der Waals surface area contributed by atoms with Crippen molar-refractivity contribution in [1.82, 2.24) is 0 Å². The molecule has 6 aromatic carbocycles. The molecule has 0 atom stereocenters. The number of benzene rings is 6. The molecule has 0 aliphatic carbocycles. The Morgan fingerprint density at radius 2 is 0.673 bits per heavy atom. The molecule has 0 unspecified atom stereocenters. The molecule has 0 radical (unpaired) electrons. The summed E-state index contributed by atoms with van der Waals surface area (Å²) in [4.78, 5) is 11.2. The minimum absolute atomic E-state index is 0.967. The molecular weight excluding hydrogens is 633 g/mol. The Kier molecular flexibility index (Phi) is 9.70. The first kappa shape index (κ1) is 32.9. The molecule has 242 valence electrons. The van der Waals surface area contributed by atoms with Crippen LogP contribution in [0.4, 0.5) is 11.4 Å². The molecule has 2 nitrogen and oxygen atoms in total. The summed E-state index contributed by atoms with van der Waals surface area (Å²) in [5.41, 5.74) is 17.3. The van der Waals surface area contributed by atoms with Gasteiger partial charge in [0, 0.05) is 33.8 Å². The minimum atomic E-state index is 0.967. The van der Waals surface area contributed by atoms with Crippen molar-refractivity contribution >= 4 is 45.0 Å². The van der Waals surface area contributed by atoms with E-state index in [-0.39, 0.29) is 0 Å². The first-order chi connectivity index (χ1) is 23.8. The summed E-state index contributed by atoms with van der Waals surface area (Å²) < 4.78 is 0. The number of nitrogens with zero attached hydrogens (tertiary/aromatic N) is 2. The average Bonchev–Trinajstić information content (AvgIpc) is 3.11. The van der Waals surface area contributed by atoms with Crippen LogP contribution in [0.1, 0.15) is 27.8 Å². The monoisotopic (exact) mass is 672 g/mol. The number of thioether (sulfide) groups is 2. The van der Waals surface area contributed by atoms with E-state index < -0.39 is 0 Å². The molecular formula is C45H40N2S2. The highest BCUT2D eigenvalue weighted by Gasteiger charge is 2.22. The zero-order chi connectivity index (χ0) is 33.9. The second-order valence-electron chi connectivity index (χ2n) is 12.9. The summed E-state index contributed by atoms with van der Waals surface area (Å²) in [5, 5.41) is 1.94. The topological polar surface area (TPSA) is 24.7 Å². The maximum Gasteiger partial charge on any atom is 0.129 e. The number of hydrogen-bond acceptors (Lipinski definition) is 4. The van der Waals surface area contributed by atoms with Crippen LogP contribution in [0.2, 0.25) is 0 Å². The standard InChI is InChI=1S/C45H40N2S2/c1-29-9-17-34(18-10-29)38-7-6-8-39(35-19-11-30(2)12-20-35)42(38)46-44-45(49-26-25-48-44)47-43-40(36-21-13-31(3)14-22-36)27-33(5)28-41(43)37-23-15-32(4)16-24-37/h6-24,27-28H,25-26H2,1-5H3. The van der Waals surface area contributed by atoms with Gasteiger partial charge in [-0.3, -0.25) is 0 Å². The quantitative estimate of drug-likeness (QED) is 0.176. The van der Waals surface area contributed by atoms with Gasteiger partial charge in [-0.2, -0.15) is 0 Å². The molecule has 1 heterocycles. The average molecular weight is 673 g/mol. The zero-order valence-corrected chi connectivity index (χ0v) is 30.4. The molecule has 4 heteroatoms. The van der Waals surface area contributed by atoms with E-state index >= 15 is 0 Å². The highest BCUT2D eigenvalue weighted by atomic mass is 32.2. The fourth-order valence-corrected chi connectivity index (χ4v) is 8.22. The molecule has 0 amide bonds. The van der Waals surface area contributed by atoms with Crippen LogP contribution in [-0.4, -0.2) is 21.6 Å². The lowest BCUT2D eigenvalue weighted by atomic mass is 9.93. The van der Waals surface area contributed by atoms with Crippen molar-refractivity contribution in [2.24, 2.45) is 9.98 Å². The van der Waals surface area contributed by atoms with Gasteiger partial charge in [-0.25, -0.2) is 9.98 Å². The Labute approximate surface area is 299 Å². The number of aryl methyl sites for hydroxylation is 5. The van der Waals surface area contributed by atoms with Crippen LogP contribution in [0.5, 0.6) is 0 Å². The van der Waals surface area contributed by atoms with Gasteiger partial charge in [0.05, 0.1) is 11.4 Å².